The number of likely N-dealkylation sites (tertiary alicyclic amines) is 1. The van der Waals surface area contributed by atoms with Crippen molar-refractivity contribution in [3.8, 4) is 11.5 Å². The number of ketones is 1. The molecule has 2 aromatic heterocycles. The van der Waals surface area contributed by atoms with Crippen LogP contribution in [0.2, 0.25) is 5.02 Å². The van der Waals surface area contributed by atoms with Crippen LogP contribution in [0.3, 0.4) is 0 Å². The monoisotopic (exact) mass is 1560 g/mol. The molecule has 0 saturated carbocycles. The van der Waals surface area contributed by atoms with Gasteiger partial charge in [0.25, 0.3) is 11.8 Å². The van der Waals surface area contributed by atoms with Crippen molar-refractivity contribution >= 4 is 115 Å². The number of piperidine rings is 3. The van der Waals surface area contributed by atoms with E-state index in [-0.39, 0.29) is 106 Å². The molecule has 4 aromatic carbocycles. The third-order valence-corrected chi connectivity index (χ3v) is 19.6. The van der Waals surface area contributed by atoms with Crippen LogP contribution in [-0.2, 0) is 56.1 Å². The van der Waals surface area contributed by atoms with Gasteiger partial charge in [-0.3, -0.25) is 68.4 Å². The Morgan fingerprint density at radius 2 is 1.12 bits per heavy atom. The van der Waals surface area contributed by atoms with Gasteiger partial charge in [-0.1, -0.05) is 75.4 Å². The second kappa shape index (κ2) is 37.5. The molecule has 13 rings (SSSR count). The fourth-order valence-corrected chi connectivity index (χ4v) is 14.4. The van der Waals surface area contributed by atoms with E-state index < -0.39 is 29.5 Å². The zero-order chi connectivity index (χ0) is 73.3. The summed E-state index contributed by atoms with van der Waals surface area (Å²) < 4.78 is 16.3. The molecule has 0 aliphatic carbocycles. The normalized spacial score (nSPS) is 18.8. The summed E-state index contributed by atoms with van der Waals surface area (Å²) in [4.78, 5) is 150. The lowest BCUT2D eigenvalue weighted by atomic mass is 10.0. The zero-order valence-electron chi connectivity index (χ0n) is 59.0. The molecular formula is C79H105BrClN13O13. The van der Waals surface area contributed by atoms with Gasteiger partial charge in [-0.2, -0.15) is 0 Å². The molecular weight excluding hydrogens is 1450 g/mol. The molecule has 7 amide bonds. The fraction of sp³-hybridized carbons (Fsp3) is 0.494. The van der Waals surface area contributed by atoms with Crippen molar-refractivity contribution in [3.05, 3.63) is 136 Å². The number of rotatable bonds is 18. The number of anilines is 3. The van der Waals surface area contributed by atoms with Crippen LogP contribution in [0.5, 0.6) is 11.5 Å². The zero-order valence-corrected chi connectivity index (χ0v) is 61.4. The van der Waals surface area contributed by atoms with Gasteiger partial charge in [0.1, 0.15) is 52.6 Å². The smallest absolute Gasteiger partial charge is 0.307 e. The number of carbonyl (C=O) groups excluding carboxylic acids is 10. The SMILES string of the molecule is C.C.C.C.CC(C)(C)OC(=O)CCBr.CC(C)(C)OC(=O)CCN1CCN(c2ccc3c(c2)CN([C@H]2CCC(=O)NC2=O)C3=O)CC1.O=C1CCC(N2Cc3cc(N4CCN(CCC(=O)N5CCC[C@@H](Nc6ncnc7[nH]cc(C(=O)c8ccc(Oc9ccccc9)cc8Cl)c67)C5)CC4)ccc3C2=O)C(=O)N1. The Morgan fingerprint density at radius 1 is 0.598 bits per heavy atom. The lowest BCUT2D eigenvalue weighted by Gasteiger charge is -2.37. The lowest BCUT2D eigenvalue weighted by Crippen LogP contribution is -2.52. The Bertz CT molecular complexity index is 4180. The van der Waals surface area contributed by atoms with Gasteiger partial charge in [-0.05, 0) is 139 Å². The van der Waals surface area contributed by atoms with E-state index in [2.05, 4.69) is 66.4 Å². The van der Waals surface area contributed by atoms with Gasteiger partial charge >= 0.3 is 11.9 Å². The molecule has 28 heteroatoms. The van der Waals surface area contributed by atoms with Crippen LogP contribution in [0.4, 0.5) is 17.2 Å². The first-order chi connectivity index (χ1) is 49.2. The molecule has 578 valence electrons. The largest absolute Gasteiger partial charge is 0.460 e. The second-order valence-electron chi connectivity index (χ2n) is 28.6. The number of nitrogens with zero attached hydrogens (tertiary/aromatic N) is 9. The highest BCUT2D eigenvalue weighted by molar-refractivity contribution is 9.09. The number of fused-ring (bicyclic) bond motifs is 3. The minimum atomic E-state index is -0.638. The van der Waals surface area contributed by atoms with Crippen molar-refractivity contribution in [2.24, 2.45) is 0 Å². The summed E-state index contributed by atoms with van der Waals surface area (Å²) in [7, 11) is 0. The van der Waals surface area contributed by atoms with Crippen LogP contribution in [0, 0.1) is 0 Å². The van der Waals surface area contributed by atoms with E-state index in [1.54, 1.807) is 34.2 Å². The van der Waals surface area contributed by atoms with Crippen LogP contribution < -0.4 is 30.5 Å². The van der Waals surface area contributed by atoms with Gasteiger partial charge in [0.2, 0.25) is 29.5 Å². The van der Waals surface area contributed by atoms with Crippen molar-refractivity contribution in [2.45, 2.75) is 171 Å². The van der Waals surface area contributed by atoms with Crippen molar-refractivity contribution in [2.75, 3.05) is 99.0 Å². The number of nitrogens with one attached hydrogen (secondary N) is 4. The van der Waals surface area contributed by atoms with Crippen LogP contribution in [0.15, 0.2) is 97.5 Å². The van der Waals surface area contributed by atoms with Gasteiger partial charge in [0, 0.05) is 163 Å². The maximum absolute atomic E-state index is 13.9. The van der Waals surface area contributed by atoms with E-state index in [0.717, 1.165) is 87.7 Å². The quantitative estimate of drug-likeness (QED) is 0.0269. The second-order valence-corrected chi connectivity index (χ2v) is 29.8. The summed E-state index contributed by atoms with van der Waals surface area (Å²) >= 11 is 9.79. The fourth-order valence-electron chi connectivity index (χ4n) is 13.8. The summed E-state index contributed by atoms with van der Waals surface area (Å²) in [5, 5.41) is 9.71. The number of aromatic nitrogens is 3. The molecule has 7 aliphatic heterocycles. The summed E-state index contributed by atoms with van der Waals surface area (Å²) in [5.74, 6) is -0.528. The molecule has 4 N–H and O–H groups in total. The number of H-pyrrole nitrogens is 1. The number of aromatic amines is 1. The van der Waals surface area contributed by atoms with E-state index in [4.69, 9.17) is 25.8 Å². The topological polar surface area (TPSA) is 299 Å². The number of piperazine rings is 2. The predicted molar refractivity (Wildman–Crippen MR) is 417 cm³/mol. The van der Waals surface area contributed by atoms with Crippen LogP contribution in [0.25, 0.3) is 11.0 Å². The van der Waals surface area contributed by atoms with Crippen LogP contribution in [-0.4, -0.2) is 212 Å². The third kappa shape index (κ3) is 21.7. The van der Waals surface area contributed by atoms with Gasteiger partial charge < -0.3 is 49.0 Å². The number of hydrogen-bond donors (Lipinski definition) is 4. The van der Waals surface area contributed by atoms with Crippen LogP contribution >= 0.6 is 27.5 Å². The van der Waals surface area contributed by atoms with E-state index in [0.29, 0.717) is 127 Å². The Labute approximate surface area is 641 Å². The average Bonchev–Trinajstić information content (AvgIpc) is 1.67. The first kappa shape index (κ1) is 84.9. The Kier molecular flexibility index (Phi) is 29.8. The molecule has 3 atom stereocenters. The number of alkyl halides is 1. The number of imide groups is 2. The van der Waals surface area contributed by atoms with Crippen molar-refractivity contribution in [3.63, 3.8) is 0 Å². The molecule has 0 spiro atoms. The minimum Gasteiger partial charge on any atom is -0.460 e. The van der Waals surface area contributed by atoms with Crippen molar-refractivity contribution < 1.29 is 62.2 Å². The number of amides is 7. The predicted octanol–water partition coefficient (Wildman–Crippen LogP) is 11.0. The van der Waals surface area contributed by atoms with Crippen molar-refractivity contribution in [1.29, 1.82) is 0 Å². The highest BCUT2D eigenvalue weighted by Gasteiger charge is 2.41. The maximum Gasteiger partial charge on any atom is 0.307 e. The molecule has 7 aliphatic rings. The standard InChI is InChI=1S/C44H44ClN9O6.C24H32N4O5.C7H13BrO2.4CH4/c45-35-22-31(60-30-6-2-1-3-7-30)9-11-33(35)40(57)34-23-46-41-39(34)42(48-26-47-41)49-28-5-4-15-53(25-28)38(56)14-16-51-17-19-52(20-18-51)29-8-10-32-27(21-29)24-54(44(32)59)36-12-13-37(55)50-43(36)58;1-24(2,3)33-21(30)8-9-26-10-12-27(13-11-26)17-4-5-18-16(14-17)15-28(23(18)32)19-6-7-20(29)25-22(19)31;1-7(2,3)10-6(9)4-5-8;;;;/h1-3,6-11,21-23,26,28,36H,4-5,12-20,24-25H2,(H,50,55,58)(H2,46,47,48,49);4-5,14,19H,6-13,15H2,1-3H3,(H,25,29,31);4-5H2,1-3H3;4*1H4/t28-,36?;19-;;;;;/m10...../s1. The van der Waals surface area contributed by atoms with Gasteiger partial charge in [0.05, 0.1) is 28.8 Å². The molecule has 0 bridgehead atoms. The highest BCUT2D eigenvalue weighted by atomic mass is 79.9. The summed E-state index contributed by atoms with van der Waals surface area (Å²) in [6.07, 6.45) is 7.16. The number of hydrogen-bond acceptors (Lipinski definition) is 20. The van der Waals surface area contributed by atoms with E-state index >= 15 is 0 Å². The number of benzene rings is 4. The average molecular weight is 1560 g/mol. The molecule has 6 aromatic rings. The molecule has 26 nitrogen and oxygen atoms in total. The van der Waals surface area contributed by atoms with Gasteiger partial charge in [-0.15, -0.1) is 0 Å². The molecule has 0 radical (unpaired) electrons. The van der Waals surface area contributed by atoms with E-state index in [1.807, 2.05) is 113 Å². The number of carbonyl (C=O) groups is 10. The highest BCUT2D eigenvalue weighted by Crippen LogP contribution is 2.36. The Hall–Kier alpha value is -9.31. The number of esters is 2. The first-order valence-electron chi connectivity index (χ1n) is 35.2. The first-order valence-corrected chi connectivity index (χ1v) is 36.7. The molecule has 107 heavy (non-hydrogen) atoms. The van der Waals surface area contributed by atoms with Crippen molar-refractivity contribution in [1.82, 2.24) is 50.1 Å². The lowest BCUT2D eigenvalue weighted by molar-refractivity contribution is -0.156. The number of halogens is 2. The van der Waals surface area contributed by atoms with Gasteiger partial charge in [0.15, 0.2) is 5.78 Å². The van der Waals surface area contributed by atoms with E-state index in [9.17, 15) is 47.9 Å². The summed E-state index contributed by atoms with van der Waals surface area (Å²) in [6, 6.07) is 24.7. The van der Waals surface area contributed by atoms with Crippen LogP contribution in [0.1, 0.15) is 177 Å². The molecule has 5 fully saturated rings. The molecule has 1 unspecified atom stereocenters. The minimum absolute atomic E-state index is 0. The maximum atomic E-state index is 13.9. The molecule has 9 heterocycles. The number of ether oxygens (including phenoxy) is 3. The van der Waals surface area contributed by atoms with Gasteiger partial charge in [-0.25, -0.2) is 9.97 Å². The Balaban J connectivity index is 0.000000286. The Morgan fingerprint density at radius 3 is 1.63 bits per heavy atom. The molecule has 5 saturated heterocycles. The number of para-hydroxylation sites is 1. The van der Waals surface area contributed by atoms with E-state index in [1.165, 1.54) is 6.33 Å². The third-order valence-electron chi connectivity index (χ3n) is 18.9. The summed E-state index contributed by atoms with van der Waals surface area (Å²) in [6.45, 7) is 21.0. The summed E-state index contributed by atoms with van der Waals surface area (Å²) in [5.41, 5.74) is 5.52.